The monoisotopic (exact) mass is 279 g/mol. The van der Waals surface area contributed by atoms with Crippen molar-refractivity contribution in [2.45, 2.75) is 84.0 Å². The standard InChI is InChI=1S/C18H32O2/c1-2-3-4-5-6-7-8-9-10-11-12-13-14-15-16-17-18(19)20/h7-10H,2-6,11-17H2,1H3,(H,19,20)/p-1/b8-7+,10-9-. The van der Waals surface area contributed by atoms with Crippen molar-refractivity contribution in [2.24, 2.45) is 0 Å². The van der Waals surface area contributed by atoms with Crippen molar-refractivity contribution in [3.8, 4) is 0 Å². The Labute approximate surface area is 125 Å². The molecule has 0 rings (SSSR count). The molecule has 0 unspecified atom stereocenters. The molecular weight excluding hydrogens is 248 g/mol. The number of carboxylic acid groups (broad SMARTS) is 1. The highest BCUT2D eigenvalue weighted by Crippen LogP contribution is 2.07. The number of carboxylic acids is 1. The molecule has 0 heterocycles. The highest BCUT2D eigenvalue weighted by atomic mass is 16.4. The summed E-state index contributed by atoms with van der Waals surface area (Å²) in [4.78, 5) is 10.2. The third-order valence-electron chi connectivity index (χ3n) is 3.36. The van der Waals surface area contributed by atoms with E-state index in [-0.39, 0.29) is 6.42 Å². The Kier molecular flexibility index (Phi) is 15.2. The molecule has 0 aliphatic rings. The molecule has 0 aliphatic carbocycles. The van der Waals surface area contributed by atoms with Gasteiger partial charge >= 0.3 is 0 Å². The Morgan fingerprint density at radius 3 is 1.85 bits per heavy atom. The highest BCUT2D eigenvalue weighted by molar-refractivity contribution is 5.63. The van der Waals surface area contributed by atoms with Gasteiger partial charge in [0.05, 0.1) is 0 Å². The van der Waals surface area contributed by atoms with Crippen molar-refractivity contribution in [2.75, 3.05) is 0 Å². The van der Waals surface area contributed by atoms with Gasteiger partial charge in [-0.15, -0.1) is 0 Å². The Hall–Kier alpha value is -1.05. The molecule has 0 saturated heterocycles. The van der Waals surface area contributed by atoms with E-state index in [1.165, 1.54) is 44.9 Å². The number of carbonyl (C=O) groups is 1. The van der Waals surface area contributed by atoms with Crippen molar-refractivity contribution in [3.05, 3.63) is 24.3 Å². The van der Waals surface area contributed by atoms with Crippen molar-refractivity contribution in [1.82, 2.24) is 0 Å². The van der Waals surface area contributed by atoms with Gasteiger partial charge in [0, 0.05) is 5.97 Å². The predicted molar refractivity (Wildman–Crippen MR) is 84.4 cm³/mol. The number of hydrogen-bond donors (Lipinski definition) is 0. The highest BCUT2D eigenvalue weighted by Gasteiger charge is 1.90. The first-order valence-corrected chi connectivity index (χ1v) is 8.29. The van der Waals surface area contributed by atoms with Crippen LogP contribution in [0.3, 0.4) is 0 Å². The molecule has 0 fully saturated rings. The summed E-state index contributed by atoms with van der Waals surface area (Å²) < 4.78 is 0. The van der Waals surface area contributed by atoms with Gasteiger partial charge in [0.25, 0.3) is 0 Å². The van der Waals surface area contributed by atoms with Gasteiger partial charge in [-0.3, -0.25) is 0 Å². The lowest BCUT2D eigenvalue weighted by Crippen LogP contribution is -2.21. The molecule has 0 amide bonds. The topological polar surface area (TPSA) is 40.1 Å². The molecular formula is C18H31O2-. The van der Waals surface area contributed by atoms with E-state index in [1.807, 2.05) is 0 Å². The molecule has 0 aromatic rings. The fourth-order valence-electron chi connectivity index (χ4n) is 2.10. The molecule has 2 nitrogen and oxygen atoms in total. The van der Waals surface area contributed by atoms with Gasteiger partial charge in [0.1, 0.15) is 0 Å². The molecule has 0 spiro atoms. The molecule has 0 radical (unpaired) electrons. The van der Waals surface area contributed by atoms with Crippen molar-refractivity contribution in [1.29, 1.82) is 0 Å². The zero-order chi connectivity index (χ0) is 14.9. The molecule has 0 saturated carbocycles. The lowest BCUT2D eigenvalue weighted by molar-refractivity contribution is -0.305. The fraction of sp³-hybridized carbons (Fsp3) is 0.722. The van der Waals surface area contributed by atoms with Crippen LogP contribution in [0, 0.1) is 0 Å². The first-order chi connectivity index (χ1) is 9.77. The first-order valence-electron chi connectivity index (χ1n) is 8.29. The van der Waals surface area contributed by atoms with E-state index in [9.17, 15) is 9.90 Å². The van der Waals surface area contributed by atoms with Gasteiger partial charge in [-0.05, 0) is 38.5 Å². The SMILES string of the molecule is CCCCCC/C=C/C=C\CCCCCCCC(=O)[O-]. The van der Waals surface area contributed by atoms with Gasteiger partial charge in [0.15, 0.2) is 0 Å². The number of unbranched alkanes of at least 4 members (excludes halogenated alkanes) is 9. The Morgan fingerprint density at radius 1 is 0.800 bits per heavy atom. The van der Waals surface area contributed by atoms with Crippen LogP contribution in [0.1, 0.15) is 84.0 Å². The van der Waals surface area contributed by atoms with E-state index in [1.54, 1.807) is 0 Å². The van der Waals surface area contributed by atoms with Crippen molar-refractivity contribution in [3.63, 3.8) is 0 Å². The van der Waals surface area contributed by atoms with E-state index in [4.69, 9.17) is 0 Å². The Balaban J connectivity index is 3.19. The van der Waals surface area contributed by atoms with Gasteiger partial charge in [-0.1, -0.05) is 69.8 Å². The predicted octanol–water partition coefficient (Wildman–Crippen LogP) is 4.55. The summed E-state index contributed by atoms with van der Waals surface area (Å²) in [7, 11) is 0. The minimum Gasteiger partial charge on any atom is -0.550 e. The third-order valence-corrected chi connectivity index (χ3v) is 3.36. The average molecular weight is 279 g/mol. The minimum absolute atomic E-state index is 0.211. The zero-order valence-electron chi connectivity index (χ0n) is 13.1. The molecule has 0 aliphatic heterocycles. The summed E-state index contributed by atoms with van der Waals surface area (Å²) in [5.41, 5.74) is 0. The van der Waals surface area contributed by atoms with Crippen LogP contribution in [0.2, 0.25) is 0 Å². The van der Waals surface area contributed by atoms with Crippen LogP contribution in [0.25, 0.3) is 0 Å². The number of carbonyl (C=O) groups excluding carboxylic acids is 1. The Morgan fingerprint density at radius 2 is 1.30 bits per heavy atom. The molecule has 0 aromatic carbocycles. The van der Waals surface area contributed by atoms with Gasteiger partial charge in [-0.25, -0.2) is 0 Å². The van der Waals surface area contributed by atoms with Crippen LogP contribution < -0.4 is 5.11 Å². The third kappa shape index (κ3) is 16.9. The fourth-order valence-corrected chi connectivity index (χ4v) is 2.10. The van der Waals surface area contributed by atoms with Crippen LogP contribution in [-0.2, 0) is 4.79 Å². The summed E-state index contributed by atoms with van der Waals surface area (Å²) in [5, 5.41) is 10.2. The maximum Gasteiger partial charge on any atom is 0.0414 e. The normalized spacial score (nSPS) is 11.7. The molecule has 116 valence electrons. The van der Waals surface area contributed by atoms with E-state index in [0.29, 0.717) is 0 Å². The van der Waals surface area contributed by atoms with Crippen molar-refractivity contribution >= 4 is 5.97 Å². The Bertz CT molecular complexity index is 267. The summed E-state index contributed by atoms with van der Waals surface area (Å²) in [5.74, 6) is -0.922. The zero-order valence-corrected chi connectivity index (χ0v) is 13.1. The lowest BCUT2D eigenvalue weighted by atomic mass is 10.1. The van der Waals surface area contributed by atoms with Crippen LogP contribution in [-0.4, -0.2) is 5.97 Å². The van der Waals surface area contributed by atoms with Gasteiger partial charge < -0.3 is 9.90 Å². The summed E-state index contributed by atoms with van der Waals surface area (Å²) >= 11 is 0. The smallest absolute Gasteiger partial charge is 0.0414 e. The van der Waals surface area contributed by atoms with Crippen LogP contribution in [0.5, 0.6) is 0 Å². The van der Waals surface area contributed by atoms with Crippen molar-refractivity contribution < 1.29 is 9.90 Å². The maximum absolute atomic E-state index is 10.2. The van der Waals surface area contributed by atoms with Gasteiger partial charge in [0.2, 0.25) is 0 Å². The van der Waals surface area contributed by atoms with Crippen LogP contribution in [0.4, 0.5) is 0 Å². The first kappa shape index (κ1) is 18.9. The summed E-state index contributed by atoms with van der Waals surface area (Å²) in [6.07, 6.45) is 21.9. The summed E-state index contributed by atoms with van der Waals surface area (Å²) in [6, 6.07) is 0. The molecule has 2 heteroatoms. The molecule has 0 N–H and O–H groups in total. The maximum atomic E-state index is 10.2. The van der Waals surface area contributed by atoms with E-state index < -0.39 is 5.97 Å². The molecule has 0 bridgehead atoms. The molecule has 0 atom stereocenters. The second kappa shape index (κ2) is 16.0. The largest absolute Gasteiger partial charge is 0.550 e. The van der Waals surface area contributed by atoms with Gasteiger partial charge in [-0.2, -0.15) is 0 Å². The van der Waals surface area contributed by atoms with E-state index in [0.717, 1.165) is 25.7 Å². The van der Waals surface area contributed by atoms with E-state index >= 15 is 0 Å². The number of aliphatic carboxylic acids is 1. The number of rotatable bonds is 14. The quantitative estimate of drug-likeness (QED) is 0.346. The molecule has 20 heavy (non-hydrogen) atoms. The lowest BCUT2D eigenvalue weighted by Gasteiger charge is -2.01. The number of allylic oxidation sites excluding steroid dienone is 4. The second-order valence-corrected chi connectivity index (χ2v) is 5.38. The molecule has 0 aromatic heterocycles. The van der Waals surface area contributed by atoms with Crippen LogP contribution >= 0.6 is 0 Å². The van der Waals surface area contributed by atoms with E-state index in [2.05, 4.69) is 31.2 Å². The average Bonchev–Trinajstić information content (AvgIpc) is 2.43. The number of hydrogen-bond acceptors (Lipinski definition) is 2. The van der Waals surface area contributed by atoms with Crippen LogP contribution in [0.15, 0.2) is 24.3 Å². The summed E-state index contributed by atoms with van der Waals surface area (Å²) in [6.45, 7) is 2.24. The minimum atomic E-state index is -0.922. The second-order valence-electron chi connectivity index (χ2n) is 5.38.